The first-order valence-electron chi connectivity index (χ1n) is 7.67. The van der Waals surface area contributed by atoms with E-state index >= 15 is 0 Å². The molecule has 0 aliphatic carbocycles. The van der Waals surface area contributed by atoms with E-state index < -0.39 is 0 Å². The van der Waals surface area contributed by atoms with Gasteiger partial charge in [0.1, 0.15) is 5.75 Å². The molecule has 1 aromatic rings. The minimum atomic E-state index is 0.303. The maximum absolute atomic E-state index is 5.69. The predicted octanol–water partition coefficient (Wildman–Crippen LogP) is 3.96. The van der Waals surface area contributed by atoms with Gasteiger partial charge >= 0.3 is 0 Å². The van der Waals surface area contributed by atoms with Crippen molar-refractivity contribution in [3.8, 4) is 5.75 Å². The quantitative estimate of drug-likeness (QED) is 0.523. The van der Waals surface area contributed by atoms with E-state index in [1.54, 1.807) is 0 Å². The van der Waals surface area contributed by atoms with Gasteiger partial charge in [0.15, 0.2) is 0 Å². The van der Waals surface area contributed by atoms with Crippen LogP contribution in [0.15, 0.2) is 36.4 Å². The second-order valence-electron chi connectivity index (χ2n) is 5.96. The van der Waals surface area contributed by atoms with Crippen LogP contribution in [0.3, 0.4) is 0 Å². The van der Waals surface area contributed by atoms with Crippen LogP contribution in [-0.2, 0) is 4.74 Å². The topological polar surface area (TPSA) is 30.5 Å². The van der Waals surface area contributed by atoms with E-state index in [0.29, 0.717) is 25.2 Å². The fraction of sp³-hybridized carbons (Fsp3) is 0.556. The summed E-state index contributed by atoms with van der Waals surface area (Å²) < 4.78 is 11.2. The van der Waals surface area contributed by atoms with Gasteiger partial charge in [-0.25, -0.2) is 0 Å². The first kappa shape index (κ1) is 17.7. The number of benzene rings is 1. The number of hydrogen-bond donors (Lipinski definition) is 1. The zero-order valence-corrected chi connectivity index (χ0v) is 13.8. The Morgan fingerprint density at radius 3 is 2.43 bits per heavy atom. The molecular formula is C18H29NO2. The standard InChI is InChI=1S/C18H29NO2/c1-14(2)12-20-11-10-19-16(5)17-6-8-18(9-7-17)21-13-15(3)4/h6-9,15-16,19H,1,10-13H2,2-5H3. The van der Waals surface area contributed by atoms with E-state index in [1.165, 1.54) is 5.56 Å². The van der Waals surface area contributed by atoms with Crippen molar-refractivity contribution in [1.82, 2.24) is 5.32 Å². The summed E-state index contributed by atoms with van der Waals surface area (Å²) in [6.07, 6.45) is 0. The van der Waals surface area contributed by atoms with Crippen LogP contribution in [0.5, 0.6) is 5.75 Å². The fourth-order valence-electron chi connectivity index (χ4n) is 1.83. The molecule has 0 radical (unpaired) electrons. The zero-order valence-electron chi connectivity index (χ0n) is 13.8. The summed E-state index contributed by atoms with van der Waals surface area (Å²) in [5.41, 5.74) is 2.31. The molecule has 3 nitrogen and oxygen atoms in total. The van der Waals surface area contributed by atoms with Gasteiger partial charge in [-0.3, -0.25) is 0 Å². The Balaban J connectivity index is 2.30. The molecule has 0 aliphatic rings. The Morgan fingerprint density at radius 2 is 1.86 bits per heavy atom. The maximum Gasteiger partial charge on any atom is 0.119 e. The van der Waals surface area contributed by atoms with Gasteiger partial charge in [-0.05, 0) is 37.5 Å². The number of ether oxygens (including phenoxy) is 2. The van der Waals surface area contributed by atoms with Crippen LogP contribution >= 0.6 is 0 Å². The molecule has 1 atom stereocenters. The highest BCUT2D eigenvalue weighted by Gasteiger charge is 2.05. The van der Waals surface area contributed by atoms with E-state index in [4.69, 9.17) is 9.47 Å². The molecule has 0 bridgehead atoms. The van der Waals surface area contributed by atoms with Crippen molar-refractivity contribution in [2.75, 3.05) is 26.4 Å². The van der Waals surface area contributed by atoms with Crippen LogP contribution in [0.2, 0.25) is 0 Å². The van der Waals surface area contributed by atoms with Crippen molar-refractivity contribution in [3.05, 3.63) is 42.0 Å². The summed E-state index contributed by atoms with van der Waals surface area (Å²) in [4.78, 5) is 0. The van der Waals surface area contributed by atoms with Crippen molar-refractivity contribution in [3.63, 3.8) is 0 Å². The van der Waals surface area contributed by atoms with Crippen LogP contribution in [-0.4, -0.2) is 26.4 Å². The lowest BCUT2D eigenvalue weighted by molar-refractivity contribution is 0.156. The Bertz CT molecular complexity index is 412. The summed E-state index contributed by atoms with van der Waals surface area (Å²) in [6, 6.07) is 8.60. The minimum absolute atomic E-state index is 0.303. The molecule has 0 saturated heterocycles. The lowest BCUT2D eigenvalue weighted by Crippen LogP contribution is -2.23. The molecule has 21 heavy (non-hydrogen) atoms. The highest BCUT2D eigenvalue weighted by molar-refractivity contribution is 5.28. The number of nitrogens with one attached hydrogen (secondary N) is 1. The average Bonchev–Trinajstić information content (AvgIpc) is 2.44. The summed E-state index contributed by atoms with van der Waals surface area (Å²) in [5, 5.41) is 3.45. The molecule has 0 saturated carbocycles. The summed E-state index contributed by atoms with van der Waals surface area (Å²) in [6.45, 7) is 15.2. The van der Waals surface area contributed by atoms with Crippen molar-refractivity contribution in [2.45, 2.75) is 33.7 Å². The van der Waals surface area contributed by atoms with Crippen molar-refractivity contribution in [2.24, 2.45) is 5.92 Å². The molecular weight excluding hydrogens is 262 g/mol. The third kappa shape index (κ3) is 7.88. The van der Waals surface area contributed by atoms with E-state index in [2.05, 4.69) is 44.8 Å². The average molecular weight is 291 g/mol. The monoisotopic (exact) mass is 291 g/mol. The molecule has 1 rings (SSSR count). The second kappa shape index (κ2) is 9.59. The highest BCUT2D eigenvalue weighted by atomic mass is 16.5. The fourth-order valence-corrected chi connectivity index (χ4v) is 1.83. The number of hydrogen-bond acceptors (Lipinski definition) is 3. The van der Waals surface area contributed by atoms with Crippen molar-refractivity contribution < 1.29 is 9.47 Å². The maximum atomic E-state index is 5.69. The van der Waals surface area contributed by atoms with Gasteiger partial charge in [0.05, 0.1) is 19.8 Å². The zero-order chi connectivity index (χ0) is 15.7. The van der Waals surface area contributed by atoms with Crippen LogP contribution in [0.1, 0.15) is 39.3 Å². The summed E-state index contributed by atoms with van der Waals surface area (Å²) >= 11 is 0. The Labute approximate surface area is 129 Å². The lowest BCUT2D eigenvalue weighted by atomic mass is 10.1. The third-order valence-electron chi connectivity index (χ3n) is 3.01. The molecule has 0 aromatic heterocycles. The molecule has 3 heteroatoms. The molecule has 1 aromatic carbocycles. The molecule has 0 aliphatic heterocycles. The minimum Gasteiger partial charge on any atom is -0.493 e. The summed E-state index contributed by atoms with van der Waals surface area (Å²) in [7, 11) is 0. The van der Waals surface area contributed by atoms with Crippen LogP contribution in [0, 0.1) is 5.92 Å². The van der Waals surface area contributed by atoms with Crippen molar-refractivity contribution in [1.29, 1.82) is 0 Å². The lowest BCUT2D eigenvalue weighted by Gasteiger charge is -2.15. The van der Waals surface area contributed by atoms with Gasteiger partial charge in [-0.15, -0.1) is 0 Å². The van der Waals surface area contributed by atoms with Gasteiger partial charge in [-0.2, -0.15) is 0 Å². The van der Waals surface area contributed by atoms with Crippen LogP contribution in [0.4, 0.5) is 0 Å². The van der Waals surface area contributed by atoms with Gasteiger partial charge in [0, 0.05) is 12.6 Å². The highest BCUT2D eigenvalue weighted by Crippen LogP contribution is 2.18. The van der Waals surface area contributed by atoms with E-state index in [-0.39, 0.29) is 0 Å². The first-order valence-corrected chi connectivity index (χ1v) is 7.67. The van der Waals surface area contributed by atoms with Gasteiger partial charge < -0.3 is 14.8 Å². The van der Waals surface area contributed by atoms with Crippen LogP contribution in [0.25, 0.3) is 0 Å². The Hall–Kier alpha value is -1.32. The van der Waals surface area contributed by atoms with E-state index in [9.17, 15) is 0 Å². The van der Waals surface area contributed by atoms with Crippen LogP contribution < -0.4 is 10.1 Å². The Morgan fingerprint density at radius 1 is 1.19 bits per heavy atom. The van der Waals surface area contributed by atoms with Gasteiger partial charge in [0.25, 0.3) is 0 Å². The summed E-state index contributed by atoms with van der Waals surface area (Å²) in [5.74, 6) is 1.48. The molecule has 0 spiro atoms. The number of rotatable bonds is 10. The van der Waals surface area contributed by atoms with Crippen molar-refractivity contribution >= 4 is 0 Å². The molecule has 1 N–H and O–H groups in total. The SMILES string of the molecule is C=C(C)COCCNC(C)c1ccc(OCC(C)C)cc1. The predicted molar refractivity (Wildman–Crippen MR) is 88.8 cm³/mol. The molecule has 1 unspecified atom stereocenters. The molecule has 118 valence electrons. The molecule has 0 amide bonds. The van der Waals surface area contributed by atoms with E-state index in [1.807, 2.05) is 19.1 Å². The third-order valence-corrected chi connectivity index (χ3v) is 3.01. The smallest absolute Gasteiger partial charge is 0.119 e. The van der Waals surface area contributed by atoms with Gasteiger partial charge in [-0.1, -0.05) is 38.1 Å². The second-order valence-corrected chi connectivity index (χ2v) is 5.96. The first-order chi connectivity index (χ1) is 9.99. The molecule has 0 heterocycles. The Kier molecular flexibility index (Phi) is 8.09. The van der Waals surface area contributed by atoms with Gasteiger partial charge in [0.2, 0.25) is 0 Å². The normalized spacial score (nSPS) is 12.4. The van der Waals surface area contributed by atoms with E-state index in [0.717, 1.165) is 24.5 Å². The largest absolute Gasteiger partial charge is 0.493 e. The molecule has 0 fully saturated rings.